The van der Waals surface area contributed by atoms with E-state index in [0.717, 1.165) is 5.56 Å². The summed E-state index contributed by atoms with van der Waals surface area (Å²) in [5.41, 5.74) is 0.845. The van der Waals surface area contributed by atoms with Crippen molar-refractivity contribution in [2.45, 2.75) is 5.37 Å². The topological polar surface area (TPSA) is 3.24 Å². The fourth-order valence-corrected chi connectivity index (χ4v) is 1.68. The van der Waals surface area contributed by atoms with Gasteiger partial charge in [0.05, 0.1) is 0 Å². The first-order valence-corrected chi connectivity index (χ1v) is 5.88. The lowest BCUT2D eigenvalue weighted by molar-refractivity contribution is 0.436. The van der Waals surface area contributed by atoms with E-state index in [-0.39, 0.29) is 11.2 Å². The molecule has 1 rings (SSSR count). The van der Waals surface area contributed by atoms with Crippen molar-refractivity contribution in [1.29, 1.82) is 0 Å². The molecule has 0 aromatic heterocycles. The van der Waals surface area contributed by atoms with Crippen LogP contribution in [0.25, 0.3) is 0 Å². The first-order valence-electron chi connectivity index (χ1n) is 4.60. The number of rotatable bonds is 2. The van der Waals surface area contributed by atoms with E-state index in [4.69, 9.17) is 0 Å². The van der Waals surface area contributed by atoms with Gasteiger partial charge in [-0.25, -0.2) is 4.39 Å². The largest absolute Gasteiger partial charge is 0.288 e. The lowest BCUT2D eigenvalue weighted by Crippen LogP contribution is -2.22. The highest BCUT2D eigenvalue weighted by Crippen LogP contribution is 2.08. The molecule has 0 heterocycles. The molecule has 80 valence electrons. The molecule has 0 aliphatic carbocycles. The van der Waals surface area contributed by atoms with Gasteiger partial charge in [-0.3, -0.25) is 4.90 Å². The van der Waals surface area contributed by atoms with Crippen LogP contribution in [-0.4, -0.2) is 30.6 Å². The highest BCUT2D eigenvalue weighted by Gasteiger charge is 2.03. The minimum absolute atomic E-state index is 0.176. The zero-order valence-electron chi connectivity index (χ0n) is 9.12. The molecule has 0 spiro atoms. The predicted molar refractivity (Wildman–Crippen MR) is 64.3 cm³/mol. The van der Waals surface area contributed by atoms with Crippen LogP contribution in [-0.2, 0) is 0 Å². The van der Waals surface area contributed by atoms with Crippen LogP contribution >= 0.6 is 11.8 Å². The van der Waals surface area contributed by atoms with E-state index in [2.05, 4.69) is 11.8 Å². The van der Waals surface area contributed by atoms with Crippen LogP contribution in [0, 0.1) is 17.7 Å². The van der Waals surface area contributed by atoms with Gasteiger partial charge in [0.2, 0.25) is 0 Å². The van der Waals surface area contributed by atoms with Crippen molar-refractivity contribution in [2.75, 3.05) is 20.4 Å². The highest BCUT2D eigenvalue weighted by atomic mass is 32.2. The van der Waals surface area contributed by atoms with Crippen molar-refractivity contribution in [1.82, 2.24) is 4.90 Å². The van der Waals surface area contributed by atoms with E-state index in [1.807, 2.05) is 25.3 Å². The maximum absolute atomic E-state index is 12.6. The quantitative estimate of drug-likeness (QED) is 0.559. The molecule has 1 atom stereocenters. The van der Waals surface area contributed by atoms with Crippen LogP contribution in [0.15, 0.2) is 24.3 Å². The van der Waals surface area contributed by atoms with Crippen molar-refractivity contribution >= 4 is 11.8 Å². The maximum Gasteiger partial charge on any atom is 0.123 e. The van der Waals surface area contributed by atoms with E-state index in [0.29, 0.717) is 0 Å². The van der Waals surface area contributed by atoms with Crippen molar-refractivity contribution in [2.24, 2.45) is 0 Å². The molecular formula is C12H14FNS. The molecular weight excluding hydrogens is 209 g/mol. The number of nitrogens with zero attached hydrogens (tertiary/aromatic N) is 1. The van der Waals surface area contributed by atoms with Gasteiger partial charge in [-0.15, -0.1) is 11.8 Å². The Kier molecular flexibility index (Phi) is 4.67. The molecule has 15 heavy (non-hydrogen) atoms. The van der Waals surface area contributed by atoms with Crippen molar-refractivity contribution in [3.63, 3.8) is 0 Å². The summed E-state index contributed by atoms with van der Waals surface area (Å²) in [6.07, 6.45) is 2.02. The average Bonchev–Trinajstić information content (AvgIpc) is 2.21. The van der Waals surface area contributed by atoms with Gasteiger partial charge in [-0.2, -0.15) is 0 Å². The van der Waals surface area contributed by atoms with Crippen LogP contribution < -0.4 is 0 Å². The Balaban J connectivity index is 2.76. The van der Waals surface area contributed by atoms with Gasteiger partial charge in [0.15, 0.2) is 0 Å². The van der Waals surface area contributed by atoms with Crippen LogP contribution in [0.5, 0.6) is 0 Å². The third-order valence-electron chi connectivity index (χ3n) is 1.88. The lowest BCUT2D eigenvalue weighted by atomic mass is 10.2. The molecule has 1 nitrogen and oxygen atoms in total. The number of halogens is 1. The van der Waals surface area contributed by atoms with Crippen molar-refractivity contribution in [3.05, 3.63) is 35.6 Å². The average molecular weight is 223 g/mol. The Morgan fingerprint density at radius 1 is 1.27 bits per heavy atom. The zero-order valence-corrected chi connectivity index (χ0v) is 9.94. The van der Waals surface area contributed by atoms with Crippen molar-refractivity contribution in [3.8, 4) is 11.8 Å². The summed E-state index contributed by atoms with van der Waals surface area (Å²) >= 11 is 1.68. The molecule has 1 aromatic rings. The molecule has 1 unspecified atom stereocenters. The summed E-state index contributed by atoms with van der Waals surface area (Å²) in [6.45, 7) is 0. The van der Waals surface area contributed by atoms with E-state index in [1.54, 1.807) is 23.9 Å². The second-order valence-electron chi connectivity index (χ2n) is 3.33. The van der Waals surface area contributed by atoms with Gasteiger partial charge in [-0.05, 0) is 44.6 Å². The molecule has 0 saturated carbocycles. The number of thioether (sulfide) groups is 1. The predicted octanol–water partition coefficient (Wildman–Crippen LogP) is 2.43. The van der Waals surface area contributed by atoms with Gasteiger partial charge < -0.3 is 0 Å². The molecule has 0 aliphatic heterocycles. The number of benzene rings is 1. The van der Waals surface area contributed by atoms with Crippen LogP contribution in [0.1, 0.15) is 5.56 Å². The Morgan fingerprint density at radius 3 is 2.33 bits per heavy atom. The van der Waals surface area contributed by atoms with Gasteiger partial charge in [-0.1, -0.05) is 11.8 Å². The van der Waals surface area contributed by atoms with E-state index >= 15 is 0 Å². The Labute approximate surface area is 94.7 Å². The minimum atomic E-state index is -0.227. The maximum atomic E-state index is 12.6. The second kappa shape index (κ2) is 5.79. The Bertz CT molecular complexity index is 361. The van der Waals surface area contributed by atoms with Crippen molar-refractivity contribution < 1.29 is 4.39 Å². The molecule has 0 radical (unpaired) electrons. The summed E-state index contributed by atoms with van der Waals surface area (Å²) in [7, 11) is 3.97. The molecule has 1 aromatic carbocycles. The number of hydrogen-bond donors (Lipinski definition) is 0. The van der Waals surface area contributed by atoms with Gasteiger partial charge >= 0.3 is 0 Å². The molecule has 0 aliphatic rings. The summed E-state index contributed by atoms with van der Waals surface area (Å²) in [6, 6.07) is 6.23. The smallest absolute Gasteiger partial charge is 0.123 e. The first-order chi connectivity index (χ1) is 7.13. The summed E-state index contributed by atoms with van der Waals surface area (Å²) < 4.78 is 12.6. The third kappa shape index (κ3) is 3.94. The fourth-order valence-electron chi connectivity index (χ4n) is 1.08. The summed E-state index contributed by atoms with van der Waals surface area (Å²) in [5.74, 6) is 5.92. The van der Waals surface area contributed by atoms with Gasteiger partial charge in [0, 0.05) is 5.56 Å². The zero-order chi connectivity index (χ0) is 11.3. The van der Waals surface area contributed by atoms with Crippen LogP contribution in [0.2, 0.25) is 0 Å². The molecule has 0 amide bonds. The lowest BCUT2D eigenvalue weighted by Gasteiger charge is -2.15. The summed E-state index contributed by atoms with van der Waals surface area (Å²) in [4.78, 5) is 2.04. The monoisotopic (exact) mass is 223 g/mol. The van der Waals surface area contributed by atoms with Gasteiger partial charge in [0.25, 0.3) is 0 Å². The summed E-state index contributed by atoms with van der Waals surface area (Å²) in [5, 5.41) is 0.176. The second-order valence-corrected chi connectivity index (χ2v) is 4.25. The van der Waals surface area contributed by atoms with E-state index < -0.39 is 0 Å². The first kappa shape index (κ1) is 12.1. The highest BCUT2D eigenvalue weighted by molar-refractivity contribution is 7.99. The normalized spacial score (nSPS) is 12.1. The molecule has 3 heteroatoms. The van der Waals surface area contributed by atoms with E-state index in [1.165, 1.54) is 12.1 Å². The van der Waals surface area contributed by atoms with Gasteiger partial charge in [0.1, 0.15) is 11.2 Å². The standard InChI is InChI=1S/C12H14FNS/c1-14(2)12(15-3)9-6-10-4-7-11(13)8-5-10/h4-5,7-8,12H,1-3H3. The molecule has 0 bridgehead atoms. The minimum Gasteiger partial charge on any atom is -0.288 e. The molecule has 0 fully saturated rings. The number of hydrogen-bond acceptors (Lipinski definition) is 2. The SMILES string of the molecule is CSC(C#Cc1ccc(F)cc1)N(C)C. The van der Waals surface area contributed by atoms with Crippen LogP contribution in [0.3, 0.4) is 0 Å². The Morgan fingerprint density at radius 2 is 1.87 bits per heavy atom. The van der Waals surface area contributed by atoms with E-state index in [9.17, 15) is 4.39 Å². The fraction of sp³-hybridized carbons (Fsp3) is 0.333. The molecule has 0 saturated heterocycles. The van der Waals surface area contributed by atoms with Crippen LogP contribution in [0.4, 0.5) is 4.39 Å². The third-order valence-corrected chi connectivity index (χ3v) is 2.86. The molecule has 0 N–H and O–H groups in total. The Hall–Kier alpha value is -0.980.